The van der Waals surface area contributed by atoms with E-state index in [1.165, 1.54) is 23.9 Å². The molecule has 4 nitrogen and oxygen atoms in total. The number of hydrogen-bond donors (Lipinski definition) is 1. The van der Waals surface area contributed by atoms with Crippen molar-refractivity contribution in [1.82, 2.24) is 9.97 Å². The number of anilines is 1. The summed E-state index contributed by atoms with van der Waals surface area (Å²) in [6, 6.07) is 21.4. The van der Waals surface area contributed by atoms with E-state index >= 15 is 0 Å². The molecule has 0 bridgehead atoms. The number of halogens is 1. The van der Waals surface area contributed by atoms with Gasteiger partial charge >= 0.3 is 0 Å². The van der Waals surface area contributed by atoms with Gasteiger partial charge in [0.05, 0.1) is 17.0 Å². The van der Waals surface area contributed by atoms with Gasteiger partial charge in [0.15, 0.2) is 5.16 Å². The van der Waals surface area contributed by atoms with Gasteiger partial charge in [-0.1, -0.05) is 48.2 Å². The van der Waals surface area contributed by atoms with Crippen LogP contribution < -0.4 is 5.32 Å². The van der Waals surface area contributed by atoms with E-state index in [-0.39, 0.29) is 17.5 Å². The Morgan fingerprint density at radius 2 is 1.72 bits per heavy atom. The van der Waals surface area contributed by atoms with E-state index < -0.39 is 0 Å². The zero-order chi connectivity index (χ0) is 20.2. The minimum atomic E-state index is -0.296. The van der Waals surface area contributed by atoms with E-state index in [0.29, 0.717) is 5.16 Å². The van der Waals surface area contributed by atoms with Crippen LogP contribution in [0.15, 0.2) is 78.0 Å². The number of amides is 1. The molecule has 0 saturated carbocycles. The summed E-state index contributed by atoms with van der Waals surface area (Å²) in [6.07, 6.45) is 0. The molecule has 0 radical (unpaired) electrons. The van der Waals surface area contributed by atoms with Crippen LogP contribution in [0.25, 0.3) is 22.2 Å². The molecule has 6 heteroatoms. The molecular formula is C23H18FN3OS. The van der Waals surface area contributed by atoms with Crippen LogP contribution in [-0.2, 0) is 4.79 Å². The van der Waals surface area contributed by atoms with Gasteiger partial charge in [-0.25, -0.2) is 14.4 Å². The maximum Gasteiger partial charge on any atom is 0.234 e. The molecule has 1 N–H and O–H groups in total. The predicted molar refractivity (Wildman–Crippen MR) is 115 cm³/mol. The minimum Gasteiger partial charge on any atom is -0.325 e. The Balaban J connectivity index is 1.63. The highest BCUT2D eigenvalue weighted by atomic mass is 32.2. The van der Waals surface area contributed by atoms with Gasteiger partial charge in [-0.2, -0.15) is 0 Å². The fourth-order valence-corrected chi connectivity index (χ4v) is 3.66. The van der Waals surface area contributed by atoms with Gasteiger partial charge in [-0.3, -0.25) is 4.79 Å². The van der Waals surface area contributed by atoms with Crippen LogP contribution in [0.1, 0.15) is 5.56 Å². The molecule has 1 aromatic heterocycles. The van der Waals surface area contributed by atoms with Crippen molar-refractivity contribution in [3.05, 3.63) is 84.2 Å². The van der Waals surface area contributed by atoms with Gasteiger partial charge in [-0.05, 0) is 48.9 Å². The summed E-state index contributed by atoms with van der Waals surface area (Å²) in [7, 11) is 0. The smallest absolute Gasteiger partial charge is 0.234 e. The molecule has 144 valence electrons. The van der Waals surface area contributed by atoms with Crippen molar-refractivity contribution in [2.45, 2.75) is 12.1 Å². The van der Waals surface area contributed by atoms with Crippen LogP contribution in [0.5, 0.6) is 0 Å². The molecule has 4 rings (SSSR count). The summed E-state index contributed by atoms with van der Waals surface area (Å²) >= 11 is 1.27. The number of nitrogens with zero attached hydrogens (tertiary/aromatic N) is 2. The lowest BCUT2D eigenvalue weighted by atomic mass is 10.0. The third-order valence-corrected chi connectivity index (χ3v) is 5.26. The summed E-state index contributed by atoms with van der Waals surface area (Å²) in [5.74, 6) is -0.233. The Kier molecular flexibility index (Phi) is 5.53. The van der Waals surface area contributed by atoms with E-state index in [1.54, 1.807) is 12.1 Å². The number of aromatic nitrogens is 2. The lowest BCUT2D eigenvalue weighted by Crippen LogP contribution is -2.14. The summed E-state index contributed by atoms with van der Waals surface area (Å²) in [5.41, 5.74) is 4.13. The molecule has 0 unspecified atom stereocenters. The number of fused-ring (bicyclic) bond motifs is 1. The first kappa shape index (κ1) is 19.1. The van der Waals surface area contributed by atoms with Gasteiger partial charge in [-0.15, -0.1) is 0 Å². The van der Waals surface area contributed by atoms with Crippen molar-refractivity contribution >= 4 is 34.3 Å². The summed E-state index contributed by atoms with van der Waals surface area (Å²) in [5, 5.41) is 4.26. The average molecular weight is 403 g/mol. The molecule has 0 saturated heterocycles. The lowest BCUT2D eigenvalue weighted by molar-refractivity contribution is -0.113. The molecule has 0 atom stereocenters. The van der Waals surface area contributed by atoms with E-state index in [9.17, 15) is 9.18 Å². The molecule has 4 aromatic rings. The molecule has 0 aliphatic rings. The monoisotopic (exact) mass is 403 g/mol. The normalized spacial score (nSPS) is 10.8. The van der Waals surface area contributed by atoms with Crippen molar-refractivity contribution < 1.29 is 9.18 Å². The van der Waals surface area contributed by atoms with E-state index in [1.807, 2.05) is 55.5 Å². The third-order valence-electron chi connectivity index (χ3n) is 4.42. The highest BCUT2D eigenvalue weighted by Gasteiger charge is 2.13. The van der Waals surface area contributed by atoms with Gasteiger partial charge in [0.1, 0.15) is 5.82 Å². The van der Waals surface area contributed by atoms with Crippen LogP contribution in [0.4, 0.5) is 10.1 Å². The Labute approximate surface area is 172 Å². The maximum atomic E-state index is 13.4. The van der Waals surface area contributed by atoms with Crippen molar-refractivity contribution in [1.29, 1.82) is 0 Å². The fraction of sp³-hybridized carbons (Fsp3) is 0.0870. The summed E-state index contributed by atoms with van der Waals surface area (Å²) < 4.78 is 13.4. The average Bonchev–Trinajstić information content (AvgIpc) is 2.74. The van der Waals surface area contributed by atoms with Crippen molar-refractivity contribution in [3.8, 4) is 11.3 Å². The van der Waals surface area contributed by atoms with Crippen LogP contribution in [0.2, 0.25) is 0 Å². The molecule has 0 aliphatic carbocycles. The molecular weight excluding hydrogens is 385 g/mol. The van der Waals surface area contributed by atoms with E-state index in [4.69, 9.17) is 0 Å². The SMILES string of the molecule is Cc1cccc2c(-c3ccc(F)cc3)nc(SCC(=O)Nc3ccccc3)nc12. The first-order valence-electron chi connectivity index (χ1n) is 9.11. The van der Waals surface area contributed by atoms with E-state index in [0.717, 1.165) is 33.4 Å². The van der Waals surface area contributed by atoms with E-state index in [2.05, 4.69) is 15.3 Å². The highest BCUT2D eigenvalue weighted by Crippen LogP contribution is 2.30. The maximum absolute atomic E-state index is 13.4. The highest BCUT2D eigenvalue weighted by molar-refractivity contribution is 7.99. The molecule has 0 fully saturated rings. The molecule has 0 spiro atoms. The first-order chi connectivity index (χ1) is 14.1. The molecule has 1 heterocycles. The van der Waals surface area contributed by atoms with Crippen LogP contribution >= 0.6 is 11.8 Å². The van der Waals surface area contributed by atoms with Gasteiger partial charge in [0.25, 0.3) is 0 Å². The number of carbonyl (C=O) groups is 1. The Morgan fingerprint density at radius 3 is 2.48 bits per heavy atom. The van der Waals surface area contributed by atoms with Gasteiger partial charge in [0.2, 0.25) is 5.91 Å². The van der Waals surface area contributed by atoms with Crippen LogP contribution in [0, 0.1) is 12.7 Å². The number of para-hydroxylation sites is 2. The van der Waals surface area contributed by atoms with Gasteiger partial charge < -0.3 is 5.32 Å². The molecule has 1 amide bonds. The number of carbonyl (C=O) groups excluding carboxylic acids is 1. The zero-order valence-corrected chi connectivity index (χ0v) is 16.5. The number of aryl methyl sites for hydroxylation is 1. The third kappa shape index (κ3) is 4.43. The molecule has 29 heavy (non-hydrogen) atoms. The van der Waals surface area contributed by atoms with Crippen molar-refractivity contribution in [3.63, 3.8) is 0 Å². The first-order valence-corrected chi connectivity index (χ1v) is 10.1. The topological polar surface area (TPSA) is 54.9 Å². The molecule has 0 aliphatic heterocycles. The number of hydrogen-bond acceptors (Lipinski definition) is 4. The van der Waals surface area contributed by atoms with Gasteiger partial charge in [0, 0.05) is 16.6 Å². The number of nitrogens with one attached hydrogen (secondary N) is 1. The van der Waals surface area contributed by atoms with Crippen LogP contribution in [0.3, 0.4) is 0 Å². The zero-order valence-electron chi connectivity index (χ0n) is 15.7. The number of thioether (sulfide) groups is 1. The second-order valence-electron chi connectivity index (χ2n) is 6.54. The molecule has 3 aromatic carbocycles. The quantitative estimate of drug-likeness (QED) is 0.354. The Bertz CT molecular complexity index is 1160. The minimum absolute atomic E-state index is 0.127. The van der Waals surface area contributed by atoms with Crippen molar-refractivity contribution in [2.24, 2.45) is 0 Å². The van der Waals surface area contributed by atoms with Crippen molar-refractivity contribution in [2.75, 3.05) is 11.1 Å². The predicted octanol–water partition coefficient (Wildman–Crippen LogP) is 5.48. The number of benzene rings is 3. The standard InChI is InChI=1S/C23H18FN3OS/c1-15-6-5-9-19-21(15)26-23(27-22(19)16-10-12-17(24)13-11-16)29-14-20(28)25-18-7-3-2-4-8-18/h2-13H,14H2,1H3,(H,25,28). The van der Waals surface area contributed by atoms with Crippen LogP contribution in [-0.4, -0.2) is 21.6 Å². The largest absolute Gasteiger partial charge is 0.325 e. The summed E-state index contributed by atoms with van der Waals surface area (Å²) in [4.78, 5) is 21.6. The fourth-order valence-electron chi connectivity index (χ4n) is 3.02. The Morgan fingerprint density at radius 1 is 0.966 bits per heavy atom. The Hall–Kier alpha value is -3.25. The summed E-state index contributed by atoms with van der Waals surface area (Å²) in [6.45, 7) is 1.99. The number of rotatable bonds is 5. The second kappa shape index (κ2) is 8.41. The lowest BCUT2D eigenvalue weighted by Gasteiger charge is -2.10. The second-order valence-corrected chi connectivity index (χ2v) is 7.48.